The number of nitrogens with zero attached hydrogens (tertiary/aromatic N) is 1. The van der Waals surface area contributed by atoms with Crippen LogP contribution in [0, 0.1) is 0 Å². The molecule has 0 aliphatic carbocycles. The van der Waals surface area contributed by atoms with Gasteiger partial charge in [0.05, 0.1) is 18.4 Å². The van der Waals surface area contributed by atoms with E-state index in [0.717, 1.165) is 11.3 Å². The second-order valence-corrected chi connectivity index (χ2v) is 2.69. The Balaban J connectivity index is 2.71. The van der Waals surface area contributed by atoms with Gasteiger partial charge in [-0.3, -0.25) is 4.98 Å². The summed E-state index contributed by atoms with van der Waals surface area (Å²) in [5.74, 6) is 0. The topological polar surface area (TPSA) is 42.4 Å². The van der Waals surface area contributed by atoms with Crippen LogP contribution in [0.4, 0.5) is 0 Å². The van der Waals surface area contributed by atoms with Crippen molar-refractivity contribution in [3.63, 3.8) is 0 Å². The van der Waals surface area contributed by atoms with Crippen molar-refractivity contribution in [1.29, 1.82) is 0 Å². The Labute approximate surface area is 72.0 Å². The zero-order valence-corrected chi connectivity index (χ0v) is 7.32. The molecule has 1 aromatic rings. The molecule has 0 aliphatic rings. The number of ether oxygens (including phenoxy) is 1. The number of hydrogen-bond acceptors (Lipinski definition) is 3. The quantitative estimate of drug-likeness (QED) is 0.737. The van der Waals surface area contributed by atoms with E-state index in [1.54, 1.807) is 20.2 Å². The van der Waals surface area contributed by atoms with Crippen molar-refractivity contribution in [3.05, 3.63) is 29.6 Å². The number of aliphatic hydroxyl groups is 1. The lowest BCUT2D eigenvalue weighted by Gasteiger charge is -2.04. The number of hydrogen-bond donors (Lipinski definition) is 1. The molecular weight excluding hydrogens is 154 g/mol. The largest absolute Gasteiger partial charge is 0.389 e. The Bertz CT molecular complexity index is 231. The summed E-state index contributed by atoms with van der Waals surface area (Å²) in [5.41, 5.74) is 1.71. The normalized spacial score (nSPS) is 12.9. The Kier molecular flexibility index (Phi) is 3.19. The van der Waals surface area contributed by atoms with Crippen LogP contribution in [0.2, 0.25) is 0 Å². The number of methoxy groups -OCH3 is 1. The van der Waals surface area contributed by atoms with Gasteiger partial charge in [0.2, 0.25) is 0 Å². The van der Waals surface area contributed by atoms with Gasteiger partial charge in [-0.05, 0) is 18.6 Å². The summed E-state index contributed by atoms with van der Waals surface area (Å²) < 4.78 is 4.90. The molecule has 0 bridgehead atoms. The standard InChI is InChI=1S/C9H13NO2/c1-7(11)8-3-4-9(6-12-2)10-5-8/h3-5,7,11H,6H2,1-2H3. The molecule has 1 unspecified atom stereocenters. The summed E-state index contributed by atoms with van der Waals surface area (Å²) in [6.07, 6.45) is 1.22. The molecule has 1 heterocycles. The minimum Gasteiger partial charge on any atom is -0.389 e. The van der Waals surface area contributed by atoms with Gasteiger partial charge in [-0.15, -0.1) is 0 Å². The highest BCUT2D eigenvalue weighted by atomic mass is 16.5. The van der Waals surface area contributed by atoms with E-state index in [-0.39, 0.29) is 0 Å². The molecule has 3 nitrogen and oxygen atoms in total. The summed E-state index contributed by atoms with van der Waals surface area (Å²) in [5, 5.41) is 9.17. The fourth-order valence-corrected chi connectivity index (χ4v) is 0.916. The molecule has 0 fully saturated rings. The molecule has 1 aromatic heterocycles. The van der Waals surface area contributed by atoms with Gasteiger partial charge in [0.25, 0.3) is 0 Å². The monoisotopic (exact) mass is 167 g/mol. The van der Waals surface area contributed by atoms with Gasteiger partial charge in [-0.25, -0.2) is 0 Å². The van der Waals surface area contributed by atoms with Crippen LogP contribution in [-0.4, -0.2) is 17.2 Å². The zero-order valence-electron chi connectivity index (χ0n) is 7.32. The summed E-state index contributed by atoms with van der Waals surface area (Å²) in [4.78, 5) is 4.10. The van der Waals surface area contributed by atoms with E-state index in [1.165, 1.54) is 0 Å². The maximum Gasteiger partial charge on any atom is 0.0884 e. The van der Waals surface area contributed by atoms with Crippen molar-refractivity contribution in [1.82, 2.24) is 4.98 Å². The average Bonchev–Trinajstić information content (AvgIpc) is 2.06. The highest BCUT2D eigenvalue weighted by molar-refractivity contribution is 5.15. The van der Waals surface area contributed by atoms with Crippen LogP contribution >= 0.6 is 0 Å². The van der Waals surface area contributed by atoms with Crippen molar-refractivity contribution in [2.45, 2.75) is 19.6 Å². The van der Waals surface area contributed by atoms with Crippen molar-refractivity contribution in [3.8, 4) is 0 Å². The third kappa shape index (κ3) is 2.29. The molecule has 1 N–H and O–H groups in total. The smallest absolute Gasteiger partial charge is 0.0884 e. The minimum atomic E-state index is -0.450. The fraction of sp³-hybridized carbons (Fsp3) is 0.444. The first-order valence-corrected chi connectivity index (χ1v) is 3.86. The van der Waals surface area contributed by atoms with E-state index in [4.69, 9.17) is 4.74 Å². The number of aliphatic hydroxyl groups excluding tert-OH is 1. The van der Waals surface area contributed by atoms with E-state index in [0.29, 0.717) is 6.61 Å². The maximum atomic E-state index is 9.17. The molecule has 1 rings (SSSR count). The maximum absolute atomic E-state index is 9.17. The first kappa shape index (κ1) is 9.16. The molecule has 12 heavy (non-hydrogen) atoms. The Morgan fingerprint density at radius 1 is 1.58 bits per heavy atom. The number of rotatable bonds is 3. The summed E-state index contributed by atoms with van der Waals surface area (Å²) in [7, 11) is 1.63. The third-order valence-corrected chi connectivity index (χ3v) is 1.62. The predicted molar refractivity (Wildman–Crippen MR) is 45.6 cm³/mol. The van der Waals surface area contributed by atoms with Gasteiger partial charge in [-0.1, -0.05) is 6.07 Å². The Morgan fingerprint density at radius 3 is 2.75 bits per heavy atom. The molecule has 0 aliphatic heterocycles. The lowest BCUT2D eigenvalue weighted by atomic mass is 10.2. The van der Waals surface area contributed by atoms with E-state index >= 15 is 0 Å². The summed E-state index contributed by atoms with van der Waals surface area (Å²) in [6, 6.07) is 3.71. The summed E-state index contributed by atoms with van der Waals surface area (Å²) >= 11 is 0. The molecule has 0 radical (unpaired) electrons. The summed E-state index contributed by atoms with van der Waals surface area (Å²) in [6.45, 7) is 2.23. The first-order chi connectivity index (χ1) is 5.74. The van der Waals surface area contributed by atoms with E-state index in [9.17, 15) is 5.11 Å². The second kappa shape index (κ2) is 4.18. The van der Waals surface area contributed by atoms with Crippen LogP contribution in [0.3, 0.4) is 0 Å². The molecule has 66 valence electrons. The molecule has 0 spiro atoms. The zero-order chi connectivity index (χ0) is 8.97. The molecular formula is C9H13NO2. The van der Waals surface area contributed by atoms with Crippen LogP contribution in [0.1, 0.15) is 24.3 Å². The van der Waals surface area contributed by atoms with Crippen molar-refractivity contribution < 1.29 is 9.84 Å². The van der Waals surface area contributed by atoms with Crippen molar-refractivity contribution >= 4 is 0 Å². The van der Waals surface area contributed by atoms with Crippen molar-refractivity contribution in [2.24, 2.45) is 0 Å². The molecule has 3 heteroatoms. The van der Waals surface area contributed by atoms with Crippen molar-refractivity contribution in [2.75, 3.05) is 7.11 Å². The predicted octanol–water partition coefficient (Wildman–Crippen LogP) is 1.28. The van der Waals surface area contributed by atoms with Gasteiger partial charge < -0.3 is 9.84 Å². The third-order valence-electron chi connectivity index (χ3n) is 1.62. The average molecular weight is 167 g/mol. The number of pyridine rings is 1. The van der Waals surface area contributed by atoms with Crippen LogP contribution in [0.15, 0.2) is 18.3 Å². The minimum absolute atomic E-state index is 0.450. The van der Waals surface area contributed by atoms with Crippen LogP contribution in [0.5, 0.6) is 0 Å². The van der Waals surface area contributed by atoms with Gasteiger partial charge >= 0.3 is 0 Å². The van der Waals surface area contributed by atoms with Crippen LogP contribution < -0.4 is 0 Å². The van der Waals surface area contributed by atoms with Gasteiger partial charge in [0, 0.05) is 13.3 Å². The van der Waals surface area contributed by atoms with E-state index < -0.39 is 6.10 Å². The van der Waals surface area contributed by atoms with E-state index in [1.807, 2.05) is 12.1 Å². The Morgan fingerprint density at radius 2 is 2.33 bits per heavy atom. The van der Waals surface area contributed by atoms with Crippen LogP contribution in [0.25, 0.3) is 0 Å². The van der Waals surface area contributed by atoms with Gasteiger partial charge in [0.1, 0.15) is 0 Å². The van der Waals surface area contributed by atoms with Gasteiger partial charge in [0.15, 0.2) is 0 Å². The van der Waals surface area contributed by atoms with Gasteiger partial charge in [-0.2, -0.15) is 0 Å². The van der Waals surface area contributed by atoms with E-state index in [2.05, 4.69) is 4.98 Å². The highest BCUT2D eigenvalue weighted by Crippen LogP contribution is 2.10. The molecule has 0 aromatic carbocycles. The molecule has 0 saturated heterocycles. The first-order valence-electron chi connectivity index (χ1n) is 3.86. The van der Waals surface area contributed by atoms with Crippen LogP contribution in [-0.2, 0) is 11.3 Å². The number of aromatic nitrogens is 1. The molecule has 1 atom stereocenters. The Hall–Kier alpha value is -0.930. The molecule has 0 saturated carbocycles. The highest BCUT2D eigenvalue weighted by Gasteiger charge is 2.00. The molecule has 0 amide bonds. The SMILES string of the molecule is COCc1ccc(C(C)O)cn1. The lowest BCUT2D eigenvalue weighted by molar-refractivity contribution is 0.180. The fourth-order valence-electron chi connectivity index (χ4n) is 0.916. The second-order valence-electron chi connectivity index (χ2n) is 2.69. The lowest BCUT2D eigenvalue weighted by Crippen LogP contribution is -1.96.